The molecule has 2 atom stereocenters. The first-order chi connectivity index (χ1) is 16.4. The van der Waals surface area contributed by atoms with Gasteiger partial charge in [-0.2, -0.15) is 0 Å². The number of carboxylic acids is 1. The molecule has 8 heteroatoms. The number of aliphatic carboxylic acids is 1. The minimum atomic E-state index is -1.36. The van der Waals surface area contributed by atoms with Crippen LogP contribution in [0.5, 0.6) is 0 Å². The van der Waals surface area contributed by atoms with Crippen LogP contribution in [0.3, 0.4) is 0 Å². The average Bonchev–Trinajstić information content (AvgIpc) is 3.43. The number of alkyl carbamates (subject to hydrolysis) is 1. The van der Waals surface area contributed by atoms with Gasteiger partial charge in [-0.25, -0.2) is 9.59 Å². The Labute approximate surface area is 198 Å². The summed E-state index contributed by atoms with van der Waals surface area (Å²) in [6.45, 7) is 3.86. The first kappa shape index (κ1) is 23.8. The fourth-order valence-corrected chi connectivity index (χ4v) is 4.88. The third kappa shape index (κ3) is 4.37. The van der Waals surface area contributed by atoms with E-state index in [9.17, 15) is 19.5 Å². The van der Waals surface area contributed by atoms with E-state index in [2.05, 4.69) is 22.8 Å². The summed E-state index contributed by atoms with van der Waals surface area (Å²) in [4.78, 5) is 37.2. The zero-order valence-corrected chi connectivity index (χ0v) is 19.4. The SMILES string of the molecule is CCC(CC)(NC(=O)[C@@H]1OCC[C@@H]1NC(=O)OCC1c2ccccc2-c2ccccc21)C(=O)O. The van der Waals surface area contributed by atoms with Gasteiger partial charge in [-0.15, -0.1) is 0 Å². The van der Waals surface area contributed by atoms with Gasteiger partial charge in [-0.05, 0) is 41.5 Å². The van der Waals surface area contributed by atoms with Crippen molar-refractivity contribution in [3.63, 3.8) is 0 Å². The van der Waals surface area contributed by atoms with E-state index >= 15 is 0 Å². The lowest BCUT2D eigenvalue weighted by molar-refractivity contribution is -0.150. The summed E-state index contributed by atoms with van der Waals surface area (Å²) in [5.74, 6) is -1.71. The van der Waals surface area contributed by atoms with Crippen LogP contribution in [-0.4, -0.2) is 54.0 Å². The number of hydrogen-bond acceptors (Lipinski definition) is 5. The van der Waals surface area contributed by atoms with Gasteiger partial charge in [0.15, 0.2) is 6.10 Å². The molecule has 1 aliphatic heterocycles. The summed E-state index contributed by atoms with van der Waals surface area (Å²) in [6, 6.07) is 15.6. The molecule has 1 heterocycles. The highest BCUT2D eigenvalue weighted by atomic mass is 16.6. The highest BCUT2D eigenvalue weighted by Gasteiger charge is 2.42. The van der Waals surface area contributed by atoms with Crippen LogP contribution in [0.4, 0.5) is 4.79 Å². The third-order valence-electron chi connectivity index (χ3n) is 6.98. The molecule has 2 aromatic rings. The molecule has 2 aromatic carbocycles. The molecule has 0 saturated carbocycles. The predicted octanol–water partition coefficient (Wildman–Crippen LogP) is 3.44. The van der Waals surface area contributed by atoms with Crippen molar-refractivity contribution in [1.29, 1.82) is 0 Å². The van der Waals surface area contributed by atoms with Crippen LogP contribution in [0.25, 0.3) is 11.1 Å². The van der Waals surface area contributed by atoms with Gasteiger partial charge in [0.05, 0.1) is 6.04 Å². The maximum atomic E-state index is 12.8. The number of fused-ring (bicyclic) bond motifs is 3. The number of nitrogens with one attached hydrogen (secondary N) is 2. The molecule has 34 heavy (non-hydrogen) atoms. The summed E-state index contributed by atoms with van der Waals surface area (Å²) in [5, 5.41) is 15.0. The molecule has 3 N–H and O–H groups in total. The lowest BCUT2D eigenvalue weighted by atomic mass is 9.92. The smallest absolute Gasteiger partial charge is 0.407 e. The standard InChI is InChI=1S/C26H30N2O6/c1-3-26(4-2,24(30)31)28-23(29)22-21(13-14-33-22)27-25(32)34-15-20-18-11-7-5-9-16(18)17-10-6-8-12-19(17)20/h5-12,20-22H,3-4,13-15H2,1-2H3,(H,27,32)(H,28,29)(H,30,31)/t21-,22+/m0/s1. The van der Waals surface area contributed by atoms with Gasteiger partial charge in [0, 0.05) is 12.5 Å². The van der Waals surface area contributed by atoms with E-state index in [1.165, 1.54) is 0 Å². The number of carbonyl (C=O) groups is 3. The van der Waals surface area contributed by atoms with Gasteiger partial charge in [0.1, 0.15) is 12.1 Å². The van der Waals surface area contributed by atoms with Crippen LogP contribution in [0.1, 0.15) is 50.2 Å². The first-order valence-corrected chi connectivity index (χ1v) is 11.7. The molecule has 0 aromatic heterocycles. The molecule has 1 aliphatic carbocycles. The highest BCUT2D eigenvalue weighted by molar-refractivity contribution is 5.90. The topological polar surface area (TPSA) is 114 Å². The van der Waals surface area contributed by atoms with Gasteiger partial charge in [0.2, 0.25) is 0 Å². The number of rotatable bonds is 8. The molecule has 0 spiro atoms. The van der Waals surface area contributed by atoms with Crippen LogP contribution < -0.4 is 10.6 Å². The van der Waals surface area contributed by atoms with Crippen LogP contribution >= 0.6 is 0 Å². The van der Waals surface area contributed by atoms with Crippen molar-refractivity contribution in [3.8, 4) is 11.1 Å². The van der Waals surface area contributed by atoms with Crippen molar-refractivity contribution in [1.82, 2.24) is 10.6 Å². The van der Waals surface area contributed by atoms with E-state index in [1.807, 2.05) is 36.4 Å². The summed E-state index contributed by atoms with van der Waals surface area (Å²) < 4.78 is 11.1. The van der Waals surface area contributed by atoms with Gasteiger partial charge >= 0.3 is 12.1 Å². The van der Waals surface area contributed by atoms with E-state index < -0.39 is 35.7 Å². The minimum Gasteiger partial charge on any atom is -0.480 e. The fraction of sp³-hybridized carbons (Fsp3) is 0.423. The number of ether oxygens (including phenoxy) is 2. The lowest BCUT2D eigenvalue weighted by Gasteiger charge is -2.30. The van der Waals surface area contributed by atoms with E-state index in [0.29, 0.717) is 6.42 Å². The maximum Gasteiger partial charge on any atom is 0.407 e. The Morgan fingerprint density at radius 2 is 1.62 bits per heavy atom. The van der Waals surface area contributed by atoms with Crippen LogP contribution in [0, 0.1) is 0 Å². The quantitative estimate of drug-likeness (QED) is 0.549. The van der Waals surface area contributed by atoms with Crippen molar-refractivity contribution in [2.75, 3.05) is 13.2 Å². The highest BCUT2D eigenvalue weighted by Crippen LogP contribution is 2.44. The molecule has 2 aliphatic rings. The van der Waals surface area contributed by atoms with E-state index in [0.717, 1.165) is 22.3 Å². The van der Waals surface area contributed by atoms with Gasteiger partial charge in [-0.1, -0.05) is 62.4 Å². The van der Waals surface area contributed by atoms with Crippen molar-refractivity contribution < 1.29 is 29.0 Å². The largest absolute Gasteiger partial charge is 0.480 e. The molecule has 2 amide bonds. The number of benzene rings is 2. The molecule has 1 fully saturated rings. The van der Waals surface area contributed by atoms with Crippen molar-refractivity contribution in [2.45, 2.75) is 56.7 Å². The van der Waals surface area contributed by atoms with E-state index in [4.69, 9.17) is 9.47 Å². The molecular formula is C26H30N2O6. The van der Waals surface area contributed by atoms with Crippen LogP contribution in [0.15, 0.2) is 48.5 Å². The molecule has 0 bridgehead atoms. The number of carboxylic acid groups (broad SMARTS) is 1. The third-order valence-corrected chi connectivity index (χ3v) is 6.98. The van der Waals surface area contributed by atoms with Crippen molar-refractivity contribution >= 4 is 18.0 Å². The Hall–Kier alpha value is -3.39. The van der Waals surface area contributed by atoms with Crippen LogP contribution in [0.2, 0.25) is 0 Å². The molecule has 8 nitrogen and oxygen atoms in total. The molecule has 0 radical (unpaired) electrons. The predicted molar refractivity (Wildman–Crippen MR) is 125 cm³/mol. The summed E-state index contributed by atoms with van der Waals surface area (Å²) in [5.41, 5.74) is 3.14. The number of hydrogen-bond donors (Lipinski definition) is 3. The Morgan fingerprint density at radius 1 is 1.03 bits per heavy atom. The second kappa shape index (κ2) is 9.85. The van der Waals surface area contributed by atoms with Crippen LogP contribution in [-0.2, 0) is 19.1 Å². The lowest BCUT2D eigenvalue weighted by Crippen LogP contribution is -2.58. The summed E-state index contributed by atoms with van der Waals surface area (Å²) >= 11 is 0. The zero-order valence-electron chi connectivity index (χ0n) is 19.4. The second-order valence-electron chi connectivity index (χ2n) is 8.74. The van der Waals surface area contributed by atoms with E-state index in [1.54, 1.807) is 13.8 Å². The number of amides is 2. The Kier molecular flexibility index (Phi) is 6.88. The maximum absolute atomic E-state index is 12.8. The minimum absolute atomic E-state index is 0.0673. The van der Waals surface area contributed by atoms with Gasteiger partial charge in [0.25, 0.3) is 5.91 Å². The monoisotopic (exact) mass is 466 g/mol. The van der Waals surface area contributed by atoms with Crippen molar-refractivity contribution in [3.05, 3.63) is 59.7 Å². The Bertz CT molecular complexity index is 1030. The van der Waals surface area contributed by atoms with E-state index in [-0.39, 0.29) is 32.0 Å². The summed E-state index contributed by atoms with van der Waals surface area (Å²) in [6.07, 6.45) is -0.701. The normalized spacial score (nSPS) is 19.2. The number of carbonyl (C=O) groups excluding carboxylic acids is 2. The Balaban J connectivity index is 1.39. The fourth-order valence-electron chi connectivity index (χ4n) is 4.88. The first-order valence-electron chi connectivity index (χ1n) is 11.7. The van der Waals surface area contributed by atoms with Crippen molar-refractivity contribution in [2.24, 2.45) is 0 Å². The molecular weight excluding hydrogens is 436 g/mol. The Morgan fingerprint density at radius 3 is 2.18 bits per heavy atom. The van der Waals surface area contributed by atoms with Gasteiger partial charge in [-0.3, -0.25) is 4.79 Å². The average molecular weight is 467 g/mol. The molecule has 0 unspecified atom stereocenters. The zero-order chi connectivity index (χ0) is 24.3. The van der Waals surface area contributed by atoms with Gasteiger partial charge < -0.3 is 25.2 Å². The molecule has 4 rings (SSSR count). The molecule has 180 valence electrons. The molecule has 1 saturated heterocycles. The second-order valence-corrected chi connectivity index (χ2v) is 8.74. The summed E-state index contributed by atoms with van der Waals surface area (Å²) in [7, 11) is 0.